The second-order valence-electron chi connectivity index (χ2n) is 2.80. The molecule has 0 saturated heterocycles. The minimum absolute atomic E-state index is 0.166. The van der Waals surface area contributed by atoms with Gasteiger partial charge in [-0.15, -0.1) is 0 Å². The van der Waals surface area contributed by atoms with Crippen LogP contribution in [-0.4, -0.2) is 11.7 Å². The average molecular weight is 184 g/mol. The molecule has 2 nitrogen and oxygen atoms in total. The Morgan fingerprint density at radius 2 is 2.15 bits per heavy atom. The van der Waals surface area contributed by atoms with Gasteiger partial charge in [0.05, 0.1) is 13.2 Å². The molecule has 0 aromatic heterocycles. The Hall–Kier alpha value is -1.09. The maximum atomic E-state index is 12.9. The molecule has 0 amide bonds. The van der Waals surface area contributed by atoms with Crippen molar-refractivity contribution in [1.29, 1.82) is 0 Å². The molecular formula is C10H13FO2. The summed E-state index contributed by atoms with van der Waals surface area (Å²) < 4.78 is 18.1. The number of aliphatic hydroxyl groups excluding tert-OH is 1. The Bertz CT molecular complexity index is 274. The second kappa shape index (κ2) is 4.82. The predicted molar refractivity (Wildman–Crippen MR) is 48.1 cm³/mol. The third kappa shape index (κ3) is 3.03. The third-order valence-corrected chi connectivity index (χ3v) is 1.59. The van der Waals surface area contributed by atoms with Crippen molar-refractivity contribution < 1.29 is 14.2 Å². The van der Waals surface area contributed by atoms with Crippen LogP contribution >= 0.6 is 0 Å². The molecule has 0 spiro atoms. The molecule has 1 N–H and O–H groups in total. The van der Waals surface area contributed by atoms with Gasteiger partial charge in [-0.1, -0.05) is 6.92 Å². The van der Waals surface area contributed by atoms with Crippen molar-refractivity contribution in [2.45, 2.75) is 20.0 Å². The summed E-state index contributed by atoms with van der Waals surface area (Å²) in [5.74, 6) is 0.101. The Labute approximate surface area is 77.0 Å². The Morgan fingerprint density at radius 1 is 1.38 bits per heavy atom. The van der Waals surface area contributed by atoms with E-state index in [0.717, 1.165) is 6.42 Å². The largest absolute Gasteiger partial charge is 0.493 e. The summed E-state index contributed by atoms with van der Waals surface area (Å²) in [6.45, 7) is 2.38. The molecule has 1 aromatic carbocycles. The summed E-state index contributed by atoms with van der Waals surface area (Å²) in [7, 11) is 0. The third-order valence-electron chi connectivity index (χ3n) is 1.59. The molecule has 0 aliphatic rings. The van der Waals surface area contributed by atoms with Crippen LogP contribution in [0, 0.1) is 5.82 Å². The Kier molecular flexibility index (Phi) is 3.71. The number of benzene rings is 1. The summed E-state index contributed by atoms with van der Waals surface area (Å²) in [6.07, 6.45) is 0.880. The first-order valence-corrected chi connectivity index (χ1v) is 4.29. The zero-order valence-corrected chi connectivity index (χ0v) is 7.59. The molecular weight excluding hydrogens is 171 g/mol. The molecule has 3 heteroatoms. The van der Waals surface area contributed by atoms with Gasteiger partial charge in [0, 0.05) is 6.07 Å². The van der Waals surface area contributed by atoms with Gasteiger partial charge in [0.15, 0.2) is 0 Å². The van der Waals surface area contributed by atoms with E-state index in [9.17, 15) is 4.39 Å². The van der Waals surface area contributed by atoms with Gasteiger partial charge in [0.25, 0.3) is 0 Å². The van der Waals surface area contributed by atoms with Crippen molar-refractivity contribution in [3.05, 3.63) is 29.6 Å². The van der Waals surface area contributed by atoms with E-state index >= 15 is 0 Å². The molecule has 0 aliphatic heterocycles. The smallest absolute Gasteiger partial charge is 0.127 e. The van der Waals surface area contributed by atoms with Gasteiger partial charge >= 0.3 is 0 Å². The molecule has 72 valence electrons. The highest BCUT2D eigenvalue weighted by atomic mass is 19.1. The maximum Gasteiger partial charge on any atom is 0.127 e. The number of aliphatic hydroxyl groups is 1. The van der Waals surface area contributed by atoms with Crippen LogP contribution in [0.5, 0.6) is 5.75 Å². The van der Waals surface area contributed by atoms with E-state index in [4.69, 9.17) is 9.84 Å². The van der Waals surface area contributed by atoms with Crippen LogP contribution in [0.15, 0.2) is 18.2 Å². The summed E-state index contributed by atoms with van der Waals surface area (Å²) in [5, 5.41) is 8.79. The van der Waals surface area contributed by atoms with Crippen LogP contribution in [0.3, 0.4) is 0 Å². The first kappa shape index (κ1) is 9.99. The van der Waals surface area contributed by atoms with E-state index < -0.39 is 0 Å². The summed E-state index contributed by atoms with van der Waals surface area (Å²) >= 11 is 0. The molecule has 0 atom stereocenters. The second-order valence-corrected chi connectivity index (χ2v) is 2.80. The number of hydrogen-bond acceptors (Lipinski definition) is 2. The van der Waals surface area contributed by atoms with Crippen LogP contribution in [0.25, 0.3) is 0 Å². The van der Waals surface area contributed by atoms with Crippen LogP contribution in [-0.2, 0) is 6.61 Å². The van der Waals surface area contributed by atoms with Gasteiger partial charge in [-0.25, -0.2) is 4.39 Å². The van der Waals surface area contributed by atoms with Crippen molar-refractivity contribution in [3.63, 3.8) is 0 Å². The normalized spacial score (nSPS) is 10.1. The molecule has 0 unspecified atom stereocenters. The van der Waals surface area contributed by atoms with Gasteiger partial charge < -0.3 is 9.84 Å². The summed E-state index contributed by atoms with van der Waals surface area (Å²) in [5.41, 5.74) is 0.533. The highest BCUT2D eigenvalue weighted by Gasteiger charge is 2.00. The zero-order valence-electron chi connectivity index (χ0n) is 7.59. The van der Waals surface area contributed by atoms with Crippen molar-refractivity contribution in [2.75, 3.05) is 6.61 Å². The van der Waals surface area contributed by atoms with Crippen molar-refractivity contribution in [3.8, 4) is 5.75 Å². The lowest BCUT2D eigenvalue weighted by atomic mass is 10.2. The molecule has 0 bridgehead atoms. The van der Waals surface area contributed by atoms with E-state index in [-0.39, 0.29) is 12.4 Å². The van der Waals surface area contributed by atoms with E-state index in [1.165, 1.54) is 12.1 Å². The van der Waals surface area contributed by atoms with Crippen LogP contribution in [0.2, 0.25) is 0 Å². The fraction of sp³-hybridized carbons (Fsp3) is 0.400. The molecule has 0 saturated carbocycles. The van der Waals surface area contributed by atoms with E-state index in [1.54, 1.807) is 6.07 Å². The van der Waals surface area contributed by atoms with Crippen LogP contribution < -0.4 is 4.74 Å². The van der Waals surface area contributed by atoms with Gasteiger partial charge in [-0.3, -0.25) is 0 Å². The number of rotatable bonds is 4. The highest BCUT2D eigenvalue weighted by molar-refractivity contribution is 5.29. The lowest BCUT2D eigenvalue weighted by molar-refractivity contribution is 0.278. The van der Waals surface area contributed by atoms with E-state index in [2.05, 4.69) is 0 Å². The lowest BCUT2D eigenvalue weighted by Crippen LogP contribution is -1.96. The van der Waals surface area contributed by atoms with E-state index in [0.29, 0.717) is 17.9 Å². The van der Waals surface area contributed by atoms with Gasteiger partial charge in [-0.05, 0) is 24.1 Å². The van der Waals surface area contributed by atoms with Crippen molar-refractivity contribution in [1.82, 2.24) is 0 Å². The van der Waals surface area contributed by atoms with Gasteiger partial charge in [-0.2, -0.15) is 0 Å². The average Bonchev–Trinajstić information content (AvgIpc) is 2.14. The van der Waals surface area contributed by atoms with E-state index in [1.807, 2.05) is 6.92 Å². The molecule has 13 heavy (non-hydrogen) atoms. The number of hydrogen-bond donors (Lipinski definition) is 1. The first-order chi connectivity index (χ1) is 6.26. The predicted octanol–water partition coefficient (Wildman–Crippen LogP) is 2.11. The van der Waals surface area contributed by atoms with Gasteiger partial charge in [0.1, 0.15) is 11.6 Å². The molecule has 0 aliphatic carbocycles. The molecule has 0 fully saturated rings. The molecule has 0 heterocycles. The van der Waals surface area contributed by atoms with Crippen LogP contribution in [0.4, 0.5) is 4.39 Å². The maximum absolute atomic E-state index is 12.9. The van der Waals surface area contributed by atoms with Gasteiger partial charge in [0.2, 0.25) is 0 Å². The van der Waals surface area contributed by atoms with Crippen molar-refractivity contribution in [2.24, 2.45) is 0 Å². The molecule has 1 aromatic rings. The summed E-state index contributed by atoms with van der Waals surface area (Å²) in [4.78, 5) is 0. The highest BCUT2D eigenvalue weighted by Crippen LogP contribution is 2.16. The Morgan fingerprint density at radius 3 is 2.77 bits per heavy atom. The topological polar surface area (TPSA) is 29.5 Å². The first-order valence-electron chi connectivity index (χ1n) is 4.29. The quantitative estimate of drug-likeness (QED) is 0.776. The SMILES string of the molecule is CCCOc1cc(F)cc(CO)c1. The zero-order chi connectivity index (χ0) is 9.68. The minimum Gasteiger partial charge on any atom is -0.493 e. The standard InChI is InChI=1S/C10H13FO2/c1-2-3-13-10-5-8(7-12)4-9(11)6-10/h4-6,12H,2-3,7H2,1H3. The fourth-order valence-electron chi connectivity index (χ4n) is 1.02. The number of halogens is 1. The van der Waals surface area contributed by atoms with Crippen molar-refractivity contribution >= 4 is 0 Å². The monoisotopic (exact) mass is 184 g/mol. The lowest BCUT2D eigenvalue weighted by Gasteiger charge is -2.05. The minimum atomic E-state index is -0.377. The number of ether oxygens (including phenoxy) is 1. The molecule has 1 rings (SSSR count). The summed E-state index contributed by atoms with van der Waals surface area (Å²) in [6, 6.07) is 4.24. The molecule has 0 radical (unpaired) electrons. The Balaban J connectivity index is 2.76. The van der Waals surface area contributed by atoms with Crippen LogP contribution in [0.1, 0.15) is 18.9 Å². The fourth-order valence-corrected chi connectivity index (χ4v) is 1.02.